The fourth-order valence-electron chi connectivity index (χ4n) is 2.48. The van der Waals surface area contributed by atoms with E-state index in [0.717, 1.165) is 19.3 Å². The van der Waals surface area contributed by atoms with Gasteiger partial charge in [0.1, 0.15) is 0 Å². The summed E-state index contributed by atoms with van der Waals surface area (Å²) in [6.45, 7) is 1.73. The van der Waals surface area contributed by atoms with Crippen molar-refractivity contribution in [1.82, 2.24) is 4.90 Å². The second kappa shape index (κ2) is 7.27. The van der Waals surface area contributed by atoms with Crippen molar-refractivity contribution in [3.05, 3.63) is 21.9 Å². The lowest BCUT2D eigenvalue weighted by Crippen LogP contribution is -2.35. The third-order valence-electron chi connectivity index (χ3n) is 3.52. The van der Waals surface area contributed by atoms with Gasteiger partial charge in [-0.3, -0.25) is 4.79 Å². The van der Waals surface area contributed by atoms with Crippen LogP contribution >= 0.6 is 22.9 Å². The van der Waals surface area contributed by atoms with Gasteiger partial charge < -0.3 is 9.64 Å². The first kappa shape index (κ1) is 14.8. The largest absolute Gasteiger partial charge is 0.378 e. The molecule has 1 aromatic rings. The number of fused-ring (bicyclic) bond motifs is 1. The Morgan fingerprint density at radius 1 is 1.58 bits per heavy atom. The number of amides is 1. The SMILES string of the molecule is CN(CCOCCCl)C(=O)C1CCCc2sccc21. The van der Waals surface area contributed by atoms with Crippen LogP contribution in [0.1, 0.15) is 29.2 Å². The summed E-state index contributed by atoms with van der Waals surface area (Å²) in [6.07, 6.45) is 3.20. The fraction of sp³-hybridized carbons (Fsp3) is 0.643. The van der Waals surface area contributed by atoms with Crippen LogP contribution < -0.4 is 0 Å². The van der Waals surface area contributed by atoms with E-state index in [4.69, 9.17) is 16.3 Å². The molecule has 5 heteroatoms. The van der Waals surface area contributed by atoms with Crippen molar-refractivity contribution in [2.45, 2.75) is 25.2 Å². The number of rotatable bonds is 6. The number of hydrogen-bond acceptors (Lipinski definition) is 3. The molecule has 0 bridgehead atoms. The third kappa shape index (κ3) is 3.71. The van der Waals surface area contributed by atoms with E-state index in [2.05, 4.69) is 11.4 Å². The van der Waals surface area contributed by atoms with Crippen molar-refractivity contribution < 1.29 is 9.53 Å². The van der Waals surface area contributed by atoms with Crippen molar-refractivity contribution in [2.24, 2.45) is 0 Å². The average molecular weight is 302 g/mol. The Bertz CT molecular complexity index is 421. The highest BCUT2D eigenvalue weighted by Crippen LogP contribution is 2.35. The van der Waals surface area contributed by atoms with E-state index in [9.17, 15) is 4.79 Å². The number of thiophene rings is 1. The van der Waals surface area contributed by atoms with Gasteiger partial charge in [-0.05, 0) is 36.3 Å². The molecule has 0 saturated carbocycles. The summed E-state index contributed by atoms with van der Waals surface area (Å²) < 4.78 is 5.32. The van der Waals surface area contributed by atoms with Gasteiger partial charge in [0.05, 0.1) is 19.1 Å². The summed E-state index contributed by atoms with van der Waals surface area (Å²) in [5.41, 5.74) is 1.25. The monoisotopic (exact) mass is 301 g/mol. The zero-order valence-electron chi connectivity index (χ0n) is 11.2. The third-order valence-corrected chi connectivity index (χ3v) is 4.67. The minimum atomic E-state index is 0.0491. The van der Waals surface area contributed by atoms with Gasteiger partial charge in [0.25, 0.3) is 0 Å². The maximum Gasteiger partial charge on any atom is 0.229 e. The Labute approximate surface area is 123 Å². The van der Waals surface area contributed by atoms with Crippen molar-refractivity contribution in [2.75, 3.05) is 32.7 Å². The number of ether oxygens (including phenoxy) is 1. The quantitative estimate of drug-likeness (QED) is 0.597. The zero-order chi connectivity index (χ0) is 13.7. The highest BCUT2D eigenvalue weighted by atomic mass is 35.5. The summed E-state index contributed by atoms with van der Waals surface area (Å²) in [5, 5.41) is 2.10. The van der Waals surface area contributed by atoms with Gasteiger partial charge in [-0.2, -0.15) is 0 Å². The average Bonchev–Trinajstić information content (AvgIpc) is 2.90. The van der Waals surface area contributed by atoms with Gasteiger partial charge in [-0.15, -0.1) is 22.9 Å². The van der Waals surface area contributed by atoms with E-state index >= 15 is 0 Å². The Morgan fingerprint density at radius 3 is 3.21 bits per heavy atom. The number of carbonyl (C=O) groups excluding carboxylic acids is 1. The highest BCUT2D eigenvalue weighted by Gasteiger charge is 2.29. The Kier molecular flexibility index (Phi) is 5.67. The fourth-order valence-corrected chi connectivity index (χ4v) is 3.57. The van der Waals surface area contributed by atoms with E-state index < -0.39 is 0 Å². The van der Waals surface area contributed by atoms with Gasteiger partial charge in [-0.1, -0.05) is 0 Å². The number of carbonyl (C=O) groups is 1. The van der Waals surface area contributed by atoms with Crippen LogP contribution in [0.3, 0.4) is 0 Å². The lowest BCUT2D eigenvalue weighted by atomic mass is 9.87. The van der Waals surface area contributed by atoms with Crippen molar-refractivity contribution in [3.8, 4) is 0 Å². The zero-order valence-corrected chi connectivity index (χ0v) is 12.8. The van der Waals surface area contributed by atoms with E-state index in [-0.39, 0.29) is 11.8 Å². The molecule has 1 unspecified atom stereocenters. The summed E-state index contributed by atoms with van der Waals surface area (Å²) >= 11 is 7.31. The maximum atomic E-state index is 12.5. The van der Waals surface area contributed by atoms with Crippen LogP contribution in [-0.2, 0) is 16.0 Å². The topological polar surface area (TPSA) is 29.5 Å². The van der Waals surface area contributed by atoms with Crippen LogP contribution in [0.25, 0.3) is 0 Å². The molecule has 0 N–H and O–H groups in total. The molecule has 0 saturated heterocycles. The van der Waals surface area contributed by atoms with Gasteiger partial charge in [0, 0.05) is 24.3 Å². The van der Waals surface area contributed by atoms with Gasteiger partial charge in [0.15, 0.2) is 0 Å². The molecule has 19 heavy (non-hydrogen) atoms. The van der Waals surface area contributed by atoms with Crippen LogP contribution in [0, 0.1) is 0 Å². The van der Waals surface area contributed by atoms with E-state index in [1.54, 1.807) is 16.2 Å². The number of hydrogen-bond donors (Lipinski definition) is 0. The van der Waals surface area contributed by atoms with E-state index in [1.807, 2.05) is 7.05 Å². The van der Waals surface area contributed by atoms with Gasteiger partial charge >= 0.3 is 0 Å². The molecule has 1 aliphatic carbocycles. The molecule has 2 rings (SSSR count). The van der Waals surface area contributed by atoms with Crippen LogP contribution in [0.4, 0.5) is 0 Å². The van der Waals surface area contributed by atoms with Gasteiger partial charge in [0.2, 0.25) is 5.91 Å². The normalized spacial score (nSPS) is 18.1. The summed E-state index contributed by atoms with van der Waals surface area (Å²) in [4.78, 5) is 15.6. The van der Waals surface area contributed by atoms with Crippen LogP contribution in [0.15, 0.2) is 11.4 Å². The minimum absolute atomic E-state index is 0.0491. The Morgan fingerprint density at radius 2 is 2.42 bits per heavy atom. The summed E-state index contributed by atoms with van der Waals surface area (Å²) in [5.74, 6) is 0.764. The molecule has 1 heterocycles. The maximum absolute atomic E-state index is 12.5. The molecule has 1 atom stereocenters. The van der Waals surface area contributed by atoms with Crippen molar-refractivity contribution in [1.29, 1.82) is 0 Å². The van der Waals surface area contributed by atoms with Gasteiger partial charge in [-0.25, -0.2) is 0 Å². The second-order valence-corrected chi connectivity index (χ2v) is 6.18. The highest BCUT2D eigenvalue weighted by molar-refractivity contribution is 7.10. The summed E-state index contributed by atoms with van der Waals surface area (Å²) in [6, 6.07) is 2.11. The van der Waals surface area contributed by atoms with E-state index in [1.165, 1.54) is 10.4 Å². The molecule has 1 aromatic heterocycles. The molecular weight excluding hydrogens is 282 g/mol. The molecule has 0 aliphatic heterocycles. The lowest BCUT2D eigenvalue weighted by Gasteiger charge is -2.26. The lowest BCUT2D eigenvalue weighted by molar-refractivity contribution is -0.132. The predicted octanol–water partition coefficient (Wildman–Crippen LogP) is 2.88. The molecule has 3 nitrogen and oxygen atoms in total. The minimum Gasteiger partial charge on any atom is -0.378 e. The number of likely N-dealkylation sites (N-methyl/N-ethyl adjacent to an activating group) is 1. The number of aryl methyl sites for hydroxylation is 1. The van der Waals surface area contributed by atoms with E-state index in [0.29, 0.717) is 25.6 Å². The molecule has 0 radical (unpaired) electrons. The van der Waals surface area contributed by atoms with Crippen LogP contribution in [0.5, 0.6) is 0 Å². The van der Waals surface area contributed by atoms with Crippen molar-refractivity contribution >= 4 is 28.8 Å². The van der Waals surface area contributed by atoms with Crippen LogP contribution in [0.2, 0.25) is 0 Å². The molecule has 1 amide bonds. The molecular formula is C14H20ClNO2S. The Balaban J connectivity index is 1.90. The smallest absolute Gasteiger partial charge is 0.229 e. The first-order chi connectivity index (χ1) is 9.24. The number of halogens is 1. The number of alkyl halides is 1. The molecule has 1 aliphatic rings. The molecule has 0 aromatic carbocycles. The number of nitrogens with zero attached hydrogens (tertiary/aromatic N) is 1. The molecule has 0 fully saturated rings. The Hall–Kier alpha value is -0.580. The summed E-state index contributed by atoms with van der Waals surface area (Å²) in [7, 11) is 1.85. The second-order valence-electron chi connectivity index (χ2n) is 4.81. The first-order valence-corrected chi connectivity index (χ1v) is 8.10. The predicted molar refractivity (Wildman–Crippen MR) is 79.2 cm³/mol. The first-order valence-electron chi connectivity index (χ1n) is 6.69. The standard InChI is InChI=1S/C14H20ClNO2S/c1-16(7-9-18-8-6-15)14(17)12-3-2-4-13-11(12)5-10-19-13/h5,10,12H,2-4,6-9H2,1H3. The van der Waals surface area contributed by atoms with Crippen molar-refractivity contribution in [3.63, 3.8) is 0 Å². The van der Waals surface area contributed by atoms with Crippen LogP contribution in [-0.4, -0.2) is 43.5 Å². The molecule has 106 valence electrons. The molecule has 0 spiro atoms.